The molecule has 0 radical (unpaired) electrons. The smallest absolute Gasteiger partial charge is 0.387 e. The van der Waals surface area contributed by atoms with E-state index in [1.807, 2.05) is 0 Å². The molecule has 0 saturated carbocycles. The Morgan fingerprint density at radius 2 is 1.87 bits per heavy atom. The lowest BCUT2D eigenvalue weighted by molar-refractivity contribution is -0.0502. The summed E-state index contributed by atoms with van der Waals surface area (Å²) in [6.45, 7) is -3.12. The van der Waals surface area contributed by atoms with E-state index in [1.54, 1.807) is 0 Å². The Morgan fingerprint density at radius 3 is 2.33 bits per heavy atom. The van der Waals surface area contributed by atoms with E-state index in [2.05, 4.69) is 4.74 Å². The quantitative estimate of drug-likeness (QED) is 0.661. The zero-order valence-electron chi connectivity index (χ0n) is 7.41. The first-order valence-corrected chi connectivity index (χ1v) is 3.79. The van der Waals surface area contributed by atoms with E-state index in [1.165, 1.54) is 0 Å². The zero-order valence-corrected chi connectivity index (χ0v) is 7.41. The molecule has 0 bridgehead atoms. The molecule has 0 amide bonds. The summed E-state index contributed by atoms with van der Waals surface area (Å²) >= 11 is 0. The molecule has 0 heterocycles. The summed E-state index contributed by atoms with van der Waals surface area (Å²) < 4.78 is 27.8. The van der Waals surface area contributed by atoms with Crippen molar-refractivity contribution in [3.63, 3.8) is 0 Å². The van der Waals surface area contributed by atoms with Gasteiger partial charge in [0.15, 0.2) is 0 Å². The van der Waals surface area contributed by atoms with E-state index in [4.69, 9.17) is 16.6 Å². The lowest BCUT2D eigenvalue weighted by atomic mass is 10.1. The van der Waals surface area contributed by atoms with Gasteiger partial charge in [-0.25, -0.2) is 4.79 Å². The van der Waals surface area contributed by atoms with Crippen LogP contribution in [0.5, 0.6) is 5.75 Å². The Hall–Kier alpha value is -2.05. The maximum atomic E-state index is 11.9. The molecule has 0 aliphatic carbocycles. The van der Waals surface area contributed by atoms with Crippen LogP contribution in [0.25, 0.3) is 0 Å². The van der Waals surface area contributed by atoms with Crippen LogP contribution < -0.4 is 16.2 Å². The number of hydrogen-bond acceptors (Lipinski definition) is 4. The number of carboxylic acid groups (broad SMARTS) is 1. The first-order chi connectivity index (χ1) is 6.91. The summed E-state index contributed by atoms with van der Waals surface area (Å²) in [6.07, 6.45) is 0. The van der Waals surface area contributed by atoms with Gasteiger partial charge in [0.1, 0.15) is 11.3 Å². The van der Waals surface area contributed by atoms with Crippen LogP contribution in [0.3, 0.4) is 0 Å². The highest BCUT2D eigenvalue weighted by molar-refractivity contribution is 5.93. The van der Waals surface area contributed by atoms with E-state index in [9.17, 15) is 13.6 Å². The van der Waals surface area contributed by atoms with Crippen molar-refractivity contribution in [2.75, 3.05) is 11.5 Å². The van der Waals surface area contributed by atoms with Gasteiger partial charge in [-0.3, -0.25) is 0 Å². The number of anilines is 2. The van der Waals surface area contributed by atoms with Crippen LogP contribution in [0.2, 0.25) is 0 Å². The molecule has 0 aromatic heterocycles. The number of ether oxygens (including phenoxy) is 1. The van der Waals surface area contributed by atoms with Gasteiger partial charge in [0, 0.05) is 6.07 Å². The fraction of sp³-hybridized carbons (Fsp3) is 0.125. The number of alkyl halides is 2. The minimum absolute atomic E-state index is 0.00554. The molecule has 0 fully saturated rings. The average Bonchev–Trinajstić information content (AvgIpc) is 2.09. The lowest BCUT2D eigenvalue weighted by Gasteiger charge is -2.10. The number of benzene rings is 1. The van der Waals surface area contributed by atoms with Crippen molar-refractivity contribution in [1.82, 2.24) is 0 Å². The second-order valence-corrected chi connectivity index (χ2v) is 2.66. The Morgan fingerprint density at radius 1 is 1.33 bits per heavy atom. The highest BCUT2D eigenvalue weighted by Gasteiger charge is 2.16. The molecule has 0 aliphatic heterocycles. The van der Waals surface area contributed by atoms with Gasteiger partial charge in [-0.15, -0.1) is 0 Å². The fourth-order valence-electron chi connectivity index (χ4n) is 0.973. The summed E-state index contributed by atoms with van der Waals surface area (Å²) in [4.78, 5) is 10.6. The van der Waals surface area contributed by atoms with E-state index in [-0.39, 0.29) is 11.4 Å². The predicted molar refractivity (Wildman–Crippen MR) is 48.9 cm³/mol. The maximum Gasteiger partial charge on any atom is 0.387 e. The molecule has 5 N–H and O–H groups in total. The molecular weight excluding hydrogens is 210 g/mol. The number of halogens is 2. The van der Waals surface area contributed by atoms with Crippen LogP contribution in [0.15, 0.2) is 12.1 Å². The zero-order chi connectivity index (χ0) is 11.6. The third-order valence-electron chi connectivity index (χ3n) is 1.63. The van der Waals surface area contributed by atoms with Gasteiger partial charge in [0.2, 0.25) is 0 Å². The monoisotopic (exact) mass is 218 g/mol. The molecular formula is C8H8F2N2O3. The molecule has 0 unspecified atom stereocenters. The average molecular weight is 218 g/mol. The molecule has 0 aliphatic rings. The molecule has 0 spiro atoms. The number of carboxylic acids is 1. The topological polar surface area (TPSA) is 98.6 Å². The van der Waals surface area contributed by atoms with Crippen LogP contribution in [-0.2, 0) is 0 Å². The van der Waals surface area contributed by atoms with Crippen molar-refractivity contribution in [3.8, 4) is 5.75 Å². The largest absolute Gasteiger partial charge is 0.478 e. The van der Waals surface area contributed by atoms with Crippen molar-refractivity contribution < 1.29 is 23.4 Å². The molecule has 5 nitrogen and oxygen atoms in total. The van der Waals surface area contributed by atoms with Crippen molar-refractivity contribution in [3.05, 3.63) is 17.7 Å². The first-order valence-electron chi connectivity index (χ1n) is 3.79. The van der Waals surface area contributed by atoms with Crippen LogP contribution in [0.4, 0.5) is 20.2 Å². The second kappa shape index (κ2) is 3.99. The minimum atomic E-state index is -3.12. The van der Waals surface area contributed by atoms with Crippen LogP contribution in [0.1, 0.15) is 10.4 Å². The highest BCUT2D eigenvalue weighted by Crippen LogP contribution is 2.28. The fourth-order valence-corrected chi connectivity index (χ4v) is 0.973. The number of carbonyl (C=O) groups is 1. The Kier molecular flexibility index (Phi) is 2.93. The number of aromatic carboxylic acids is 1. The first kappa shape index (κ1) is 11.0. The van der Waals surface area contributed by atoms with E-state index in [0.717, 1.165) is 12.1 Å². The van der Waals surface area contributed by atoms with Crippen molar-refractivity contribution >= 4 is 17.3 Å². The third kappa shape index (κ3) is 2.46. The molecule has 1 aromatic carbocycles. The molecule has 7 heteroatoms. The summed E-state index contributed by atoms with van der Waals surface area (Å²) in [5.41, 5.74) is 10.2. The van der Waals surface area contributed by atoms with Gasteiger partial charge in [-0.2, -0.15) is 8.78 Å². The van der Waals surface area contributed by atoms with Gasteiger partial charge in [-0.05, 0) is 6.07 Å². The third-order valence-corrected chi connectivity index (χ3v) is 1.63. The van der Waals surface area contributed by atoms with Gasteiger partial charge in [-0.1, -0.05) is 0 Å². The highest BCUT2D eigenvalue weighted by atomic mass is 19.3. The standard InChI is InChI=1S/C8H8F2N2O3/c9-8(10)15-6-2-5(12)4(11)1-3(6)7(13)14/h1-2,8H,11-12H2,(H,13,14). The second-order valence-electron chi connectivity index (χ2n) is 2.66. The molecule has 1 aromatic rings. The normalized spacial score (nSPS) is 10.3. The SMILES string of the molecule is Nc1cc(OC(F)F)c(C(=O)O)cc1N. The van der Waals surface area contributed by atoms with Gasteiger partial charge < -0.3 is 21.3 Å². The number of rotatable bonds is 3. The van der Waals surface area contributed by atoms with E-state index >= 15 is 0 Å². The predicted octanol–water partition coefficient (Wildman–Crippen LogP) is 1.15. The Labute approximate surface area is 83.2 Å². The Bertz CT molecular complexity index is 396. The number of nitrogens with two attached hydrogens (primary N) is 2. The molecule has 82 valence electrons. The maximum absolute atomic E-state index is 11.9. The molecule has 0 saturated heterocycles. The Balaban J connectivity index is 3.22. The van der Waals surface area contributed by atoms with Gasteiger partial charge in [0.25, 0.3) is 0 Å². The minimum Gasteiger partial charge on any atom is -0.478 e. The van der Waals surface area contributed by atoms with E-state index < -0.39 is 23.9 Å². The van der Waals surface area contributed by atoms with E-state index in [0.29, 0.717) is 0 Å². The summed E-state index contributed by atoms with van der Waals surface area (Å²) in [7, 11) is 0. The van der Waals surface area contributed by atoms with Crippen LogP contribution in [-0.4, -0.2) is 17.7 Å². The van der Waals surface area contributed by atoms with Crippen LogP contribution in [0, 0.1) is 0 Å². The summed E-state index contributed by atoms with van der Waals surface area (Å²) in [5.74, 6) is -1.93. The van der Waals surface area contributed by atoms with Gasteiger partial charge in [0.05, 0.1) is 11.4 Å². The van der Waals surface area contributed by atoms with Crippen molar-refractivity contribution in [1.29, 1.82) is 0 Å². The summed E-state index contributed by atoms with van der Waals surface area (Å²) in [5, 5.41) is 8.67. The number of nitrogen functional groups attached to an aromatic ring is 2. The molecule has 1 rings (SSSR count). The lowest BCUT2D eigenvalue weighted by Crippen LogP contribution is -2.09. The van der Waals surface area contributed by atoms with Crippen molar-refractivity contribution in [2.45, 2.75) is 6.61 Å². The van der Waals surface area contributed by atoms with Gasteiger partial charge >= 0.3 is 12.6 Å². The molecule has 0 atom stereocenters. The van der Waals surface area contributed by atoms with Crippen molar-refractivity contribution in [2.24, 2.45) is 0 Å². The molecule has 15 heavy (non-hydrogen) atoms. The number of hydrogen-bond donors (Lipinski definition) is 3. The summed E-state index contributed by atoms with van der Waals surface area (Å²) in [6, 6.07) is 1.92. The van der Waals surface area contributed by atoms with Crippen LogP contribution >= 0.6 is 0 Å².